The quantitative estimate of drug-likeness (QED) is 0.0980. The van der Waals surface area contributed by atoms with E-state index >= 15 is 0 Å². The highest BCUT2D eigenvalue weighted by atomic mass is 32.2. The molecule has 0 aliphatic rings. The summed E-state index contributed by atoms with van der Waals surface area (Å²) >= 11 is 0. The Morgan fingerprint density at radius 2 is 0.946 bits per heavy atom. The Bertz CT molecular complexity index is 715. The number of unbranched alkanes of at least 4 members (excludes halogenated alkanes) is 19. The zero-order chi connectivity index (χ0) is 27.5. The van der Waals surface area contributed by atoms with Gasteiger partial charge in [-0.05, 0) is 32.1 Å². The molecule has 0 rings (SSSR count). The summed E-state index contributed by atoms with van der Waals surface area (Å²) in [7, 11) is -3.60. The highest BCUT2D eigenvalue weighted by Gasteiger charge is 2.31. The van der Waals surface area contributed by atoms with Gasteiger partial charge in [0.25, 0.3) is 0 Å². The molecule has 0 heterocycles. The second-order valence-corrected chi connectivity index (χ2v) is 12.5. The van der Waals surface area contributed by atoms with E-state index in [0.29, 0.717) is 32.4 Å². The van der Waals surface area contributed by atoms with E-state index in [0.717, 1.165) is 103 Å². The van der Waals surface area contributed by atoms with E-state index in [4.69, 9.17) is 10.5 Å². The molecule has 6 nitrogen and oxygen atoms in total. The SMILES string of the molecule is CCCCCCC(C#N)S(=O)(=O)N(CCCCCCCCCCC#N)CCCCCCCCCCC#N. The summed E-state index contributed by atoms with van der Waals surface area (Å²) < 4.78 is 28.4. The molecule has 37 heavy (non-hydrogen) atoms. The molecule has 0 saturated carbocycles. The van der Waals surface area contributed by atoms with Crippen molar-refractivity contribution in [3.05, 3.63) is 0 Å². The molecule has 1 atom stereocenters. The molecular weight excluding hydrogens is 480 g/mol. The largest absolute Gasteiger partial charge is 0.230 e. The first-order valence-corrected chi connectivity index (χ1v) is 16.7. The van der Waals surface area contributed by atoms with Crippen molar-refractivity contribution in [2.24, 2.45) is 0 Å². The maximum Gasteiger partial charge on any atom is 0.230 e. The first kappa shape index (κ1) is 35.4. The van der Waals surface area contributed by atoms with Crippen LogP contribution < -0.4 is 0 Å². The summed E-state index contributed by atoms with van der Waals surface area (Å²) in [5, 5.41) is 25.9. The van der Waals surface area contributed by atoms with Crippen molar-refractivity contribution in [1.29, 1.82) is 15.8 Å². The van der Waals surface area contributed by atoms with E-state index in [1.54, 1.807) is 4.31 Å². The minimum atomic E-state index is -3.60. The Morgan fingerprint density at radius 1 is 0.568 bits per heavy atom. The van der Waals surface area contributed by atoms with Crippen LogP contribution in [0.2, 0.25) is 0 Å². The highest BCUT2D eigenvalue weighted by Crippen LogP contribution is 2.19. The first-order chi connectivity index (χ1) is 18.0. The van der Waals surface area contributed by atoms with Crippen LogP contribution in [0.3, 0.4) is 0 Å². The minimum Gasteiger partial charge on any atom is -0.211 e. The molecule has 0 aromatic heterocycles. The second-order valence-electron chi connectivity index (χ2n) is 10.4. The fourth-order valence-corrected chi connectivity index (χ4v) is 6.41. The standard InChI is InChI=1S/C30H54N4O2S/c1-2-3-4-19-24-30(29-33)37(35,36)34(27-22-17-13-9-5-7-11-15-20-25-31)28-23-18-14-10-6-8-12-16-21-26-32/h30H,2-24,27-28H2,1H3. The molecular formula is C30H54N4O2S. The molecule has 7 heteroatoms. The molecule has 0 fully saturated rings. The van der Waals surface area contributed by atoms with Gasteiger partial charge in [-0.25, -0.2) is 12.7 Å². The monoisotopic (exact) mass is 534 g/mol. The maximum atomic E-state index is 13.4. The van der Waals surface area contributed by atoms with Gasteiger partial charge in [-0.1, -0.05) is 110 Å². The fraction of sp³-hybridized carbons (Fsp3) is 0.900. The Balaban J connectivity index is 4.54. The van der Waals surface area contributed by atoms with Gasteiger partial charge in [0.2, 0.25) is 10.0 Å². The maximum absolute atomic E-state index is 13.4. The molecule has 0 spiro atoms. The Morgan fingerprint density at radius 3 is 1.32 bits per heavy atom. The molecule has 0 aliphatic carbocycles. The van der Waals surface area contributed by atoms with Crippen LogP contribution in [0.4, 0.5) is 0 Å². The molecule has 212 valence electrons. The fourth-order valence-electron chi connectivity index (χ4n) is 4.69. The van der Waals surface area contributed by atoms with Crippen LogP contribution in [-0.2, 0) is 10.0 Å². The predicted molar refractivity (Wildman–Crippen MR) is 153 cm³/mol. The lowest BCUT2D eigenvalue weighted by Crippen LogP contribution is -2.39. The normalized spacial score (nSPS) is 12.2. The highest BCUT2D eigenvalue weighted by molar-refractivity contribution is 7.90. The van der Waals surface area contributed by atoms with E-state index in [1.165, 1.54) is 25.7 Å². The summed E-state index contributed by atoms with van der Waals surface area (Å²) in [4.78, 5) is 0. The van der Waals surface area contributed by atoms with E-state index in [-0.39, 0.29) is 0 Å². The summed E-state index contributed by atoms with van der Waals surface area (Å²) in [6.07, 6.45) is 22.9. The van der Waals surface area contributed by atoms with Gasteiger partial charge in [-0.2, -0.15) is 15.8 Å². The van der Waals surface area contributed by atoms with Crippen LogP contribution in [0, 0.1) is 34.0 Å². The minimum absolute atomic E-state index is 0.437. The lowest BCUT2D eigenvalue weighted by atomic mass is 10.1. The van der Waals surface area contributed by atoms with Gasteiger partial charge in [0.15, 0.2) is 5.25 Å². The molecule has 0 saturated heterocycles. The third-order valence-electron chi connectivity index (χ3n) is 7.08. The zero-order valence-electron chi connectivity index (χ0n) is 23.8. The van der Waals surface area contributed by atoms with Crippen molar-refractivity contribution in [2.45, 2.75) is 160 Å². The van der Waals surface area contributed by atoms with Gasteiger partial charge in [-0.3, -0.25) is 0 Å². The van der Waals surface area contributed by atoms with Gasteiger partial charge in [0, 0.05) is 25.9 Å². The first-order valence-electron chi connectivity index (χ1n) is 15.2. The molecule has 0 amide bonds. The van der Waals surface area contributed by atoms with Crippen molar-refractivity contribution in [1.82, 2.24) is 4.31 Å². The third kappa shape index (κ3) is 20.1. The van der Waals surface area contributed by atoms with E-state index in [2.05, 4.69) is 25.1 Å². The summed E-state index contributed by atoms with van der Waals surface area (Å²) in [5.41, 5.74) is 0. The number of hydrogen-bond donors (Lipinski definition) is 0. The van der Waals surface area contributed by atoms with Crippen LogP contribution >= 0.6 is 0 Å². The van der Waals surface area contributed by atoms with Crippen LogP contribution in [0.1, 0.15) is 155 Å². The van der Waals surface area contributed by atoms with Gasteiger partial charge in [0.1, 0.15) is 0 Å². The van der Waals surface area contributed by atoms with Crippen LogP contribution in [0.15, 0.2) is 0 Å². The average Bonchev–Trinajstić information content (AvgIpc) is 2.89. The summed E-state index contributed by atoms with van der Waals surface area (Å²) in [5.74, 6) is 0. The van der Waals surface area contributed by atoms with Crippen molar-refractivity contribution >= 4 is 10.0 Å². The van der Waals surface area contributed by atoms with Gasteiger partial charge in [-0.15, -0.1) is 0 Å². The van der Waals surface area contributed by atoms with Gasteiger partial charge >= 0.3 is 0 Å². The van der Waals surface area contributed by atoms with E-state index < -0.39 is 15.3 Å². The van der Waals surface area contributed by atoms with E-state index in [9.17, 15) is 13.7 Å². The third-order valence-corrected chi connectivity index (χ3v) is 9.22. The molecule has 0 bridgehead atoms. The predicted octanol–water partition coefficient (Wildman–Crippen LogP) is 8.55. The molecule has 0 aromatic carbocycles. The Kier molecular flexibility index (Phi) is 24.9. The number of sulfonamides is 1. The van der Waals surface area contributed by atoms with Crippen LogP contribution in [0.5, 0.6) is 0 Å². The molecule has 0 radical (unpaired) electrons. The van der Waals surface area contributed by atoms with Crippen LogP contribution in [-0.4, -0.2) is 31.1 Å². The number of nitriles is 3. The lowest BCUT2D eigenvalue weighted by molar-refractivity contribution is 0.378. The molecule has 0 aromatic rings. The van der Waals surface area contributed by atoms with Crippen molar-refractivity contribution in [2.75, 3.05) is 13.1 Å². The smallest absolute Gasteiger partial charge is 0.211 e. The van der Waals surface area contributed by atoms with Gasteiger partial charge < -0.3 is 0 Å². The van der Waals surface area contributed by atoms with Crippen molar-refractivity contribution in [3.8, 4) is 18.2 Å². The number of rotatable bonds is 27. The lowest BCUT2D eigenvalue weighted by Gasteiger charge is -2.25. The average molecular weight is 535 g/mol. The molecule has 0 aliphatic heterocycles. The number of nitrogens with zero attached hydrogens (tertiary/aromatic N) is 4. The summed E-state index contributed by atoms with van der Waals surface area (Å²) in [6.45, 7) is 3.18. The zero-order valence-corrected chi connectivity index (χ0v) is 24.6. The number of hydrogen-bond acceptors (Lipinski definition) is 5. The molecule has 1 unspecified atom stereocenters. The van der Waals surface area contributed by atoms with Crippen LogP contribution in [0.25, 0.3) is 0 Å². The second kappa shape index (κ2) is 26.0. The van der Waals surface area contributed by atoms with Crippen molar-refractivity contribution < 1.29 is 8.42 Å². The van der Waals surface area contributed by atoms with Gasteiger partial charge in [0.05, 0.1) is 18.2 Å². The topological polar surface area (TPSA) is 109 Å². The summed E-state index contributed by atoms with van der Waals surface area (Å²) in [6, 6.07) is 6.49. The Labute approximate surface area is 229 Å². The molecule has 0 N–H and O–H groups in total. The Hall–Kier alpha value is -1.62. The van der Waals surface area contributed by atoms with E-state index in [1.807, 2.05) is 0 Å². The van der Waals surface area contributed by atoms with Crippen molar-refractivity contribution in [3.63, 3.8) is 0 Å².